The summed E-state index contributed by atoms with van der Waals surface area (Å²) >= 11 is 0. The molecule has 1 unspecified atom stereocenters. The van der Waals surface area contributed by atoms with Crippen LogP contribution in [0.15, 0.2) is 36.7 Å². The molecule has 0 aliphatic rings. The molecule has 98 valence electrons. The summed E-state index contributed by atoms with van der Waals surface area (Å²) < 4.78 is 0. The van der Waals surface area contributed by atoms with E-state index in [1.807, 2.05) is 0 Å². The Morgan fingerprint density at radius 2 is 1.95 bits per heavy atom. The normalized spacial score (nSPS) is 11.7. The molecule has 1 heterocycles. The number of aliphatic hydroxyl groups is 1. The monoisotopic (exact) mass is 259 g/mol. The number of anilines is 2. The number of rotatable bonds is 3. The van der Waals surface area contributed by atoms with E-state index in [4.69, 9.17) is 0 Å². The van der Waals surface area contributed by atoms with Crippen molar-refractivity contribution in [3.63, 3.8) is 0 Å². The van der Waals surface area contributed by atoms with E-state index in [0.29, 0.717) is 5.69 Å². The van der Waals surface area contributed by atoms with Crippen LogP contribution in [0.4, 0.5) is 16.4 Å². The van der Waals surface area contributed by atoms with Crippen LogP contribution in [0.25, 0.3) is 0 Å². The number of hydrogen-bond donors (Lipinski definition) is 3. The van der Waals surface area contributed by atoms with E-state index in [1.165, 1.54) is 12.4 Å². The Labute approximate surface area is 109 Å². The number of hydrogen-bond acceptors (Lipinski definition) is 5. The van der Waals surface area contributed by atoms with E-state index in [1.54, 1.807) is 31.2 Å². The fourth-order valence-electron chi connectivity index (χ4n) is 1.41. The van der Waals surface area contributed by atoms with Crippen molar-refractivity contribution in [3.8, 4) is 0 Å². The van der Waals surface area contributed by atoms with Crippen molar-refractivity contribution in [2.75, 3.05) is 10.6 Å². The first kappa shape index (κ1) is 12.9. The Morgan fingerprint density at radius 3 is 2.53 bits per heavy atom. The summed E-state index contributed by atoms with van der Waals surface area (Å²) in [7, 11) is 0. The van der Waals surface area contributed by atoms with Gasteiger partial charge in [-0.05, 0) is 24.6 Å². The number of aliphatic hydroxyl groups excluding tert-OH is 1. The molecule has 0 aliphatic carbocycles. The van der Waals surface area contributed by atoms with Crippen molar-refractivity contribution in [3.05, 3.63) is 42.2 Å². The summed E-state index contributed by atoms with van der Waals surface area (Å²) in [6.07, 6.45) is 2.31. The van der Waals surface area contributed by atoms with Crippen molar-refractivity contribution < 1.29 is 9.90 Å². The number of aromatic nitrogens is 3. The minimum absolute atomic E-state index is 0.126. The lowest BCUT2D eigenvalue weighted by atomic mass is 10.1. The lowest BCUT2D eigenvalue weighted by Crippen LogP contribution is -2.21. The first-order valence-electron chi connectivity index (χ1n) is 5.65. The topological polar surface area (TPSA) is 100 Å². The molecule has 0 aliphatic heterocycles. The molecule has 0 radical (unpaired) electrons. The van der Waals surface area contributed by atoms with Crippen molar-refractivity contribution in [1.29, 1.82) is 0 Å². The molecular weight excluding hydrogens is 246 g/mol. The van der Waals surface area contributed by atoms with Crippen molar-refractivity contribution in [2.24, 2.45) is 0 Å². The number of nitrogens with one attached hydrogen (secondary N) is 2. The molecule has 3 N–H and O–H groups in total. The fraction of sp³-hybridized carbons (Fsp3) is 0.167. The Bertz CT molecular complexity index is 542. The molecule has 2 amide bonds. The summed E-state index contributed by atoms with van der Waals surface area (Å²) in [5.41, 5.74) is 1.38. The van der Waals surface area contributed by atoms with E-state index in [2.05, 4.69) is 25.8 Å². The SMILES string of the molecule is CC(O)c1ccc(NC(=O)Nc2nccnn2)cc1. The molecule has 1 atom stereocenters. The van der Waals surface area contributed by atoms with Gasteiger partial charge in [-0.2, -0.15) is 5.10 Å². The third kappa shape index (κ3) is 3.71. The smallest absolute Gasteiger partial charge is 0.326 e. The van der Waals surface area contributed by atoms with Crippen LogP contribution in [0.2, 0.25) is 0 Å². The molecule has 19 heavy (non-hydrogen) atoms. The Hall–Kier alpha value is -2.54. The van der Waals surface area contributed by atoms with E-state index >= 15 is 0 Å². The predicted octanol–water partition coefficient (Wildman–Crippen LogP) is 1.57. The second-order valence-corrected chi connectivity index (χ2v) is 3.84. The maximum Gasteiger partial charge on any atom is 0.326 e. The molecule has 0 saturated heterocycles. The predicted molar refractivity (Wildman–Crippen MR) is 69.5 cm³/mol. The second-order valence-electron chi connectivity index (χ2n) is 3.84. The van der Waals surface area contributed by atoms with Crippen LogP contribution in [-0.2, 0) is 0 Å². The Balaban J connectivity index is 1.95. The molecule has 0 spiro atoms. The highest BCUT2D eigenvalue weighted by Crippen LogP contribution is 2.15. The number of nitrogens with zero attached hydrogens (tertiary/aromatic N) is 3. The molecule has 2 rings (SSSR count). The largest absolute Gasteiger partial charge is 0.389 e. The van der Waals surface area contributed by atoms with Crippen molar-refractivity contribution in [1.82, 2.24) is 15.2 Å². The fourth-order valence-corrected chi connectivity index (χ4v) is 1.41. The number of carbonyl (C=O) groups is 1. The van der Waals surface area contributed by atoms with Gasteiger partial charge in [0.15, 0.2) is 0 Å². The minimum Gasteiger partial charge on any atom is -0.389 e. The maximum absolute atomic E-state index is 11.6. The van der Waals surface area contributed by atoms with Gasteiger partial charge in [0.1, 0.15) is 0 Å². The number of urea groups is 1. The van der Waals surface area contributed by atoms with Gasteiger partial charge in [0.2, 0.25) is 0 Å². The summed E-state index contributed by atoms with van der Waals surface area (Å²) in [5.74, 6) is 0.126. The summed E-state index contributed by atoms with van der Waals surface area (Å²) in [6, 6.07) is 6.41. The van der Waals surface area contributed by atoms with Gasteiger partial charge >= 0.3 is 6.03 Å². The molecule has 1 aromatic carbocycles. The minimum atomic E-state index is -0.535. The quantitative estimate of drug-likeness (QED) is 0.776. The van der Waals surface area contributed by atoms with Crippen LogP contribution in [0, 0.1) is 0 Å². The average molecular weight is 259 g/mol. The van der Waals surface area contributed by atoms with Gasteiger partial charge in [-0.15, -0.1) is 5.10 Å². The van der Waals surface area contributed by atoms with Gasteiger partial charge in [-0.1, -0.05) is 12.1 Å². The molecule has 0 saturated carbocycles. The van der Waals surface area contributed by atoms with Crippen LogP contribution in [0.3, 0.4) is 0 Å². The molecule has 7 nitrogen and oxygen atoms in total. The maximum atomic E-state index is 11.6. The Morgan fingerprint density at radius 1 is 1.21 bits per heavy atom. The number of benzene rings is 1. The highest BCUT2D eigenvalue weighted by atomic mass is 16.3. The van der Waals surface area contributed by atoms with E-state index < -0.39 is 12.1 Å². The van der Waals surface area contributed by atoms with Crippen LogP contribution in [-0.4, -0.2) is 26.3 Å². The number of amides is 2. The lowest BCUT2D eigenvalue weighted by molar-refractivity contribution is 0.199. The van der Waals surface area contributed by atoms with Gasteiger partial charge in [0, 0.05) is 5.69 Å². The van der Waals surface area contributed by atoms with E-state index in [9.17, 15) is 9.90 Å². The van der Waals surface area contributed by atoms with Crippen molar-refractivity contribution in [2.45, 2.75) is 13.0 Å². The highest BCUT2D eigenvalue weighted by molar-refractivity contribution is 5.98. The van der Waals surface area contributed by atoms with E-state index in [-0.39, 0.29) is 5.95 Å². The van der Waals surface area contributed by atoms with Gasteiger partial charge in [-0.25, -0.2) is 9.78 Å². The summed E-state index contributed by atoms with van der Waals surface area (Å²) in [6.45, 7) is 1.68. The molecule has 2 aromatic rings. The third-order valence-corrected chi connectivity index (χ3v) is 2.36. The molecule has 0 fully saturated rings. The number of carbonyl (C=O) groups excluding carboxylic acids is 1. The molecule has 1 aromatic heterocycles. The van der Waals surface area contributed by atoms with Gasteiger partial charge in [0.25, 0.3) is 5.95 Å². The van der Waals surface area contributed by atoms with Crippen LogP contribution in [0.5, 0.6) is 0 Å². The van der Waals surface area contributed by atoms with Crippen LogP contribution >= 0.6 is 0 Å². The Kier molecular flexibility index (Phi) is 3.99. The zero-order chi connectivity index (χ0) is 13.7. The van der Waals surface area contributed by atoms with Gasteiger partial charge < -0.3 is 10.4 Å². The molecule has 0 bridgehead atoms. The zero-order valence-electron chi connectivity index (χ0n) is 10.2. The molecule has 7 heteroatoms. The van der Waals surface area contributed by atoms with Crippen LogP contribution in [0.1, 0.15) is 18.6 Å². The van der Waals surface area contributed by atoms with Crippen molar-refractivity contribution >= 4 is 17.7 Å². The average Bonchev–Trinajstić information content (AvgIpc) is 2.40. The first-order chi connectivity index (χ1) is 9.15. The van der Waals surface area contributed by atoms with E-state index in [0.717, 1.165) is 5.56 Å². The van der Waals surface area contributed by atoms with Gasteiger partial charge in [0.05, 0.1) is 18.5 Å². The second kappa shape index (κ2) is 5.87. The third-order valence-electron chi connectivity index (χ3n) is 2.36. The summed E-state index contributed by atoms with van der Waals surface area (Å²) in [4.78, 5) is 15.4. The lowest BCUT2D eigenvalue weighted by Gasteiger charge is -2.08. The first-order valence-corrected chi connectivity index (χ1v) is 5.65. The summed E-state index contributed by atoms with van der Waals surface area (Å²) in [5, 5.41) is 21.7. The zero-order valence-corrected chi connectivity index (χ0v) is 10.2. The standard InChI is InChI=1S/C12H13N5O2/c1-8(18)9-2-4-10(5-3-9)15-12(19)16-11-13-6-7-14-17-11/h2-8,18H,1H3,(H2,13,15,16,17,19). The molecular formula is C12H13N5O2. The highest BCUT2D eigenvalue weighted by Gasteiger charge is 2.05. The van der Waals surface area contributed by atoms with Gasteiger partial charge in [-0.3, -0.25) is 5.32 Å². The van der Waals surface area contributed by atoms with Crippen LogP contribution < -0.4 is 10.6 Å².